The average molecular weight is 352 g/mol. The van der Waals surface area contributed by atoms with Crippen molar-refractivity contribution in [2.24, 2.45) is 11.8 Å². The number of fused-ring (bicyclic) bond motifs is 1. The van der Waals surface area contributed by atoms with Gasteiger partial charge in [-0.3, -0.25) is 0 Å². The Morgan fingerprint density at radius 2 is 2.00 bits per heavy atom. The van der Waals surface area contributed by atoms with Crippen LogP contribution in [0, 0.1) is 18.8 Å². The lowest BCUT2D eigenvalue weighted by atomic mass is 10.2. The number of aromatic nitrogens is 3. The van der Waals surface area contributed by atoms with Crippen LogP contribution in [0.5, 0.6) is 0 Å². The maximum atomic E-state index is 11.8. The number of carbonyl (C=O) groups is 1. The van der Waals surface area contributed by atoms with Gasteiger partial charge in [0.2, 0.25) is 0 Å². The molecule has 0 N–H and O–H groups in total. The summed E-state index contributed by atoms with van der Waals surface area (Å²) in [6.45, 7) is 5.09. The number of ether oxygens (including phenoxy) is 1. The monoisotopic (exact) mass is 352 g/mol. The molecule has 2 saturated carbocycles. The minimum Gasteiger partial charge on any atom is -0.464 e. The van der Waals surface area contributed by atoms with E-state index in [1.165, 1.54) is 19.1 Å². The molecule has 6 heteroatoms. The van der Waals surface area contributed by atoms with E-state index in [9.17, 15) is 4.79 Å². The van der Waals surface area contributed by atoms with Crippen molar-refractivity contribution in [2.75, 3.05) is 25.1 Å². The highest BCUT2D eigenvalue weighted by molar-refractivity contribution is 5.87. The van der Waals surface area contributed by atoms with Gasteiger partial charge in [-0.25, -0.2) is 14.8 Å². The summed E-state index contributed by atoms with van der Waals surface area (Å²) in [6, 6.07) is 4.32. The van der Waals surface area contributed by atoms with E-state index in [2.05, 4.69) is 33.5 Å². The molecule has 136 valence electrons. The quantitative estimate of drug-likeness (QED) is 0.775. The van der Waals surface area contributed by atoms with Gasteiger partial charge in [0, 0.05) is 30.9 Å². The van der Waals surface area contributed by atoms with Crippen LogP contribution in [0.3, 0.4) is 0 Å². The maximum Gasteiger partial charge on any atom is 0.358 e. The highest BCUT2D eigenvalue weighted by atomic mass is 16.5. The standard InChI is InChI=1S/C20H24N4O2/c1-12-14(5-6-18(21-12)23-9-15-7-16(15)10-23)8-24-11-17(20(25)26-2)22-19(24)13-3-4-13/h5-6,11,13,15-16H,3-4,7-10H2,1-2H3. The molecular formula is C20H24N4O2. The third kappa shape index (κ3) is 2.77. The summed E-state index contributed by atoms with van der Waals surface area (Å²) >= 11 is 0. The zero-order valence-electron chi connectivity index (χ0n) is 15.3. The van der Waals surface area contributed by atoms with Crippen LogP contribution in [0.4, 0.5) is 5.82 Å². The first-order valence-corrected chi connectivity index (χ1v) is 9.49. The predicted octanol–water partition coefficient (Wildman–Crippen LogP) is 2.75. The van der Waals surface area contributed by atoms with E-state index >= 15 is 0 Å². The Balaban J connectivity index is 1.39. The number of pyridine rings is 1. The molecule has 5 rings (SSSR count). The fourth-order valence-electron chi connectivity index (χ4n) is 4.12. The zero-order valence-corrected chi connectivity index (χ0v) is 15.3. The van der Waals surface area contributed by atoms with Gasteiger partial charge in [-0.05, 0) is 49.7 Å². The molecule has 2 unspecified atom stereocenters. The predicted molar refractivity (Wildman–Crippen MR) is 97.4 cm³/mol. The van der Waals surface area contributed by atoms with Crippen molar-refractivity contribution in [1.29, 1.82) is 0 Å². The topological polar surface area (TPSA) is 60.2 Å². The van der Waals surface area contributed by atoms with Gasteiger partial charge >= 0.3 is 5.97 Å². The van der Waals surface area contributed by atoms with Gasteiger partial charge in [0.05, 0.1) is 13.7 Å². The van der Waals surface area contributed by atoms with Gasteiger partial charge in [-0.1, -0.05) is 6.07 Å². The highest BCUT2D eigenvalue weighted by Gasteiger charge is 2.45. The SMILES string of the molecule is COC(=O)c1cn(Cc2ccc(N3CC4CC4C3)nc2C)c(C2CC2)n1. The Morgan fingerprint density at radius 3 is 2.65 bits per heavy atom. The largest absolute Gasteiger partial charge is 0.464 e. The highest BCUT2D eigenvalue weighted by Crippen LogP contribution is 2.46. The summed E-state index contributed by atoms with van der Waals surface area (Å²) in [4.78, 5) is 23.6. The molecule has 0 spiro atoms. The molecule has 3 fully saturated rings. The first-order valence-electron chi connectivity index (χ1n) is 9.49. The lowest BCUT2D eigenvalue weighted by Crippen LogP contribution is -2.23. The number of esters is 1. The van der Waals surface area contributed by atoms with Crippen LogP contribution in [0.25, 0.3) is 0 Å². The lowest BCUT2D eigenvalue weighted by Gasteiger charge is -2.20. The molecule has 3 heterocycles. The van der Waals surface area contributed by atoms with E-state index < -0.39 is 0 Å². The number of carbonyl (C=O) groups excluding carboxylic acids is 1. The number of aryl methyl sites for hydroxylation is 1. The molecule has 2 aromatic heterocycles. The second kappa shape index (κ2) is 5.83. The first kappa shape index (κ1) is 15.9. The van der Waals surface area contributed by atoms with Gasteiger partial charge in [0.15, 0.2) is 5.69 Å². The van der Waals surface area contributed by atoms with E-state index in [0.29, 0.717) is 18.2 Å². The van der Waals surface area contributed by atoms with Crippen LogP contribution in [0.1, 0.15) is 52.8 Å². The van der Waals surface area contributed by atoms with Crippen LogP contribution in [0.2, 0.25) is 0 Å². The Kier molecular flexibility index (Phi) is 3.55. The lowest BCUT2D eigenvalue weighted by molar-refractivity contribution is 0.0594. The van der Waals surface area contributed by atoms with Gasteiger partial charge in [0.25, 0.3) is 0 Å². The Morgan fingerprint density at radius 1 is 1.23 bits per heavy atom. The number of rotatable bonds is 5. The summed E-state index contributed by atoms with van der Waals surface area (Å²) in [5.74, 6) is 4.00. The fourth-order valence-corrected chi connectivity index (χ4v) is 4.12. The van der Waals surface area contributed by atoms with Crippen molar-refractivity contribution in [3.8, 4) is 0 Å². The van der Waals surface area contributed by atoms with Crippen molar-refractivity contribution < 1.29 is 9.53 Å². The molecule has 0 radical (unpaired) electrons. The fraction of sp³-hybridized carbons (Fsp3) is 0.550. The van der Waals surface area contributed by atoms with Crippen LogP contribution in [-0.4, -0.2) is 40.7 Å². The third-order valence-electron chi connectivity index (χ3n) is 5.97. The summed E-state index contributed by atoms with van der Waals surface area (Å²) in [5.41, 5.74) is 2.62. The van der Waals surface area contributed by atoms with Crippen LogP contribution in [-0.2, 0) is 11.3 Å². The molecule has 2 atom stereocenters. The number of methoxy groups -OCH3 is 1. The molecule has 1 saturated heterocycles. The van der Waals surface area contributed by atoms with Crippen molar-refractivity contribution in [2.45, 2.75) is 38.6 Å². The second-order valence-corrected chi connectivity index (χ2v) is 7.95. The molecule has 0 amide bonds. The summed E-state index contributed by atoms with van der Waals surface area (Å²) in [7, 11) is 1.40. The summed E-state index contributed by atoms with van der Waals surface area (Å²) in [6.07, 6.45) is 5.51. The molecule has 3 aliphatic rings. The Hall–Kier alpha value is -2.37. The Bertz CT molecular complexity index is 861. The maximum absolute atomic E-state index is 11.8. The number of nitrogens with zero attached hydrogens (tertiary/aromatic N) is 4. The number of imidazole rings is 1. The molecule has 2 aliphatic carbocycles. The van der Waals surface area contributed by atoms with Crippen molar-refractivity contribution in [3.63, 3.8) is 0 Å². The normalized spacial score (nSPS) is 23.8. The average Bonchev–Trinajstić information content (AvgIpc) is 3.55. The number of anilines is 1. The van der Waals surface area contributed by atoms with Gasteiger partial charge in [-0.2, -0.15) is 0 Å². The molecule has 0 aromatic carbocycles. The summed E-state index contributed by atoms with van der Waals surface area (Å²) < 4.78 is 6.93. The number of hydrogen-bond acceptors (Lipinski definition) is 5. The van der Waals surface area contributed by atoms with E-state index in [4.69, 9.17) is 9.72 Å². The smallest absolute Gasteiger partial charge is 0.358 e. The zero-order chi connectivity index (χ0) is 17.8. The number of piperidine rings is 1. The molecule has 0 bridgehead atoms. The molecule has 6 nitrogen and oxygen atoms in total. The third-order valence-corrected chi connectivity index (χ3v) is 5.97. The Labute approximate surface area is 153 Å². The van der Waals surface area contributed by atoms with Crippen molar-refractivity contribution in [3.05, 3.63) is 41.1 Å². The first-order chi connectivity index (χ1) is 12.6. The number of hydrogen-bond donors (Lipinski definition) is 0. The summed E-state index contributed by atoms with van der Waals surface area (Å²) in [5, 5.41) is 0. The van der Waals surface area contributed by atoms with E-state index in [1.807, 2.05) is 6.20 Å². The van der Waals surface area contributed by atoms with Crippen molar-refractivity contribution >= 4 is 11.8 Å². The second-order valence-electron chi connectivity index (χ2n) is 7.95. The molecule has 2 aromatic rings. The van der Waals surface area contributed by atoms with Crippen molar-refractivity contribution in [1.82, 2.24) is 14.5 Å². The van der Waals surface area contributed by atoms with E-state index in [0.717, 1.165) is 55.1 Å². The van der Waals surface area contributed by atoms with E-state index in [-0.39, 0.29) is 5.97 Å². The van der Waals surface area contributed by atoms with Gasteiger partial charge in [-0.15, -0.1) is 0 Å². The molecule has 1 aliphatic heterocycles. The minimum atomic E-state index is -0.372. The van der Waals surface area contributed by atoms with Crippen LogP contribution < -0.4 is 4.90 Å². The van der Waals surface area contributed by atoms with Crippen LogP contribution in [0.15, 0.2) is 18.3 Å². The molecule has 26 heavy (non-hydrogen) atoms. The van der Waals surface area contributed by atoms with Crippen LogP contribution >= 0.6 is 0 Å². The van der Waals surface area contributed by atoms with Gasteiger partial charge < -0.3 is 14.2 Å². The minimum absolute atomic E-state index is 0.372. The molecular weight excluding hydrogens is 328 g/mol. The van der Waals surface area contributed by atoms with Gasteiger partial charge in [0.1, 0.15) is 11.6 Å². The van der Waals surface area contributed by atoms with E-state index in [1.54, 1.807) is 0 Å².